The molecule has 4 aromatic rings. The van der Waals surface area contributed by atoms with E-state index in [0.29, 0.717) is 27.4 Å². The van der Waals surface area contributed by atoms with Gasteiger partial charge in [0.25, 0.3) is 5.91 Å². The van der Waals surface area contributed by atoms with Crippen molar-refractivity contribution in [3.05, 3.63) is 102 Å². The third kappa shape index (κ3) is 6.70. The number of rotatable bonds is 6. The Morgan fingerprint density at radius 3 is 2.17 bits per heavy atom. The molecule has 0 fully saturated rings. The van der Waals surface area contributed by atoms with Crippen molar-refractivity contribution < 1.29 is 22.9 Å². The van der Waals surface area contributed by atoms with Gasteiger partial charge >= 0.3 is 6.09 Å². The number of anilines is 2. The molecule has 8 nitrogen and oxygen atoms in total. The van der Waals surface area contributed by atoms with Crippen molar-refractivity contribution >= 4 is 33.1 Å². The minimum Gasteiger partial charge on any atom is -0.444 e. The average Bonchev–Trinajstić information content (AvgIpc) is 2.89. The first-order chi connectivity index (χ1) is 18.8. The zero-order valence-corrected chi connectivity index (χ0v) is 23.3. The van der Waals surface area contributed by atoms with E-state index in [1.165, 1.54) is 36.4 Å². The summed E-state index contributed by atoms with van der Waals surface area (Å²) in [5.74, 6) is -0.872. The van der Waals surface area contributed by atoms with Crippen LogP contribution in [0.25, 0.3) is 11.1 Å². The molecular formula is C30H29FN4O4S. The zero-order valence-electron chi connectivity index (χ0n) is 22.4. The van der Waals surface area contributed by atoms with Crippen LogP contribution in [0.15, 0.2) is 94.9 Å². The summed E-state index contributed by atoms with van der Waals surface area (Å²) in [4.78, 5) is 30.4. The van der Waals surface area contributed by atoms with Gasteiger partial charge in [-0.1, -0.05) is 18.2 Å². The molecule has 0 aliphatic rings. The topological polar surface area (TPSA) is 121 Å². The second-order valence-corrected chi connectivity index (χ2v) is 12.0. The lowest BCUT2D eigenvalue weighted by molar-refractivity contribution is 0.0635. The van der Waals surface area contributed by atoms with E-state index in [1.807, 2.05) is 0 Å². The van der Waals surface area contributed by atoms with Crippen LogP contribution in [0, 0.1) is 17.5 Å². The number of hydrogen-bond acceptors (Lipinski definition) is 6. The minimum absolute atomic E-state index is 0.241. The molecule has 1 heterocycles. The Balaban J connectivity index is 1.63. The first-order valence-electron chi connectivity index (χ1n) is 12.4. The van der Waals surface area contributed by atoms with E-state index in [2.05, 4.69) is 15.6 Å². The van der Waals surface area contributed by atoms with E-state index >= 15 is 0 Å². The number of nitrogens with zero attached hydrogens (tertiary/aromatic N) is 1. The fraction of sp³-hybridized carbons (Fsp3) is 0.167. The molecule has 206 valence electrons. The second kappa shape index (κ2) is 11.3. The summed E-state index contributed by atoms with van der Waals surface area (Å²) in [6.07, 6.45) is 0.872. The van der Waals surface area contributed by atoms with E-state index in [-0.39, 0.29) is 22.0 Å². The van der Waals surface area contributed by atoms with Gasteiger partial charge in [0.15, 0.2) is 0 Å². The van der Waals surface area contributed by atoms with E-state index in [4.69, 9.17) is 9.52 Å². The lowest BCUT2D eigenvalue weighted by Gasteiger charge is -2.21. The molecule has 10 heteroatoms. The highest BCUT2D eigenvalue weighted by molar-refractivity contribution is 7.92. The maximum absolute atomic E-state index is 13.5. The number of aryl methyl sites for hydroxylation is 1. The summed E-state index contributed by atoms with van der Waals surface area (Å²) in [5, 5.41) is 5.46. The van der Waals surface area contributed by atoms with Gasteiger partial charge in [-0.05, 0) is 99.5 Å². The Labute approximate surface area is 232 Å². The Kier molecular flexibility index (Phi) is 8.01. The first-order valence-corrected chi connectivity index (χ1v) is 13.9. The lowest BCUT2D eigenvalue weighted by atomic mass is 10.0. The molecule has 0 spiro atoms. The number of amides is 2. The summed E-state index contributed by atoms with van der Waals surface area (Å²) in [6, 6.07) is 20.0. The monoisotopic (exact) mass is 560 g/mol. The SMILES string of the molecule is Cc1ncccc1S(=N)(=O)c1ccc(C(=O)Nc2cc(-c3ccc(F)cc3)ccc2NC(=O)OC(C)(C)C)cc1. The molecule has 1 aromatic heterocycles. The summed E-state index contributed by atoms with van der Waals surface area (Å²) in [7, 11) is -3.33. The molecule has 4 rings (SSSR count). The molecule has 2 amide bonds. The highest BCUT2D eigenvalue weighted by Gasteiger charge is 2.20. The number of pyridine rings is 1. The Morgan fingerprint density at radius 2 is 1.55 bits per heavy atom. The quantitative estimate of drug-likeness (QED) is 0.229. The molecule has 0 aliphatic carbocycles. The van der Waals surface area contributed by atoms with Gasteiger partial charge < -0.3 is 10.1 Å². The minimum atomic E-state index is -3.33. The van der Waals surface area contributed by atoms with Gasteiger partial charge in [0.1, 0.15) is 21.1 Å². The smallest absolute Gasteiger partial charge is 0.412 e. The molecule has 3 aromatic carbocycles. The predicted molar refractivity (Wildman–Crippen MR) is 152 cm³/mol. The van der Waals surface area contributed by atoms with Crippen LogP contribution in [0.5, 0.6) is 0 Å². The fourth-order valence-corrected chi connectivity index (χ4v) is 5.40. The van der Waals surface area contributed by atoms with Crippen LogP contribution in [0.2, 0.25) is 0 Å². The number of benzene rings is 3. The largest absolute Gasteiger partial charge is 0.444 e. The van der Waals surface area contributed by atoms with Gasteiger partial charge in [0.05, 0.1) is 26.9 Å². The van der Waals surface area contributed by atoms with E-state index in [9.17, 15) is 18.2 Å². The molecule has 3 N–H and O–H groups in total. The van der Waals surface area contributed by atoms with Crippen LogP contribution in [0.1, 0.15) is 36.8 Å². The van der Waals surface area contributed by atoms with Crippen LogP contribution >= 0.6 is 0 Å². The molecular weight excluding hydrogens is 531 g/mol. The molecule has 1 unspecified atom stereocenters. The van der Waals surface area contributed by atoms with Crippen LogP contribution in [-0.2, 0) is 14.5 Å². The zero-order chi connectivity index (χ0) is 29.1. The standard InChI is InChI=1S/C30H29FN4O4S/c1-19-27(6-5-17-33-19)40(32,38)24-14-9-21(10-15-24)28(36)34-26-18-22(20-7-12-23(31)13-8-20)11-16-25(26)35-29(37)39-30(2,3)4/h5-18,32H,1-4H3,(H,34,36)(H,35,37). The Morgan fingerprint density at radius 1 is 0.900 bits per heavy atom. The number of ether oxygens (including phenoxy) is 1. The number of halogens is 1. The average molecular weight is 561 g/mol. The van der Waals surface area contributed by atoms with Gasteiger partial charge in [0, 0.05) is 11.8 Å². The molecule has 0 radical (unpaired) electrons. The van der Waals surface area contributed by atoms with E-state index in [1.54, 1.807) is 76.4 Å². The molecule has 1 atom stereocenters. The van der Waals surface area contributed by atoms with Gasteiger partial charge in [-0.2, -0.15) is 0 Å². The highest BCUT2D eigenvalue weighted by Crippen LogP contribution is 2.31. The summed E-state index contributed by atoms with van der Waals surface area (Å²) in [6.45, 7) is 6.90. The van der Waals surface area contributed by atoms with Crippen molar-refractivity contribution in [2.45, 2.75) is 43.1 Å². The molecule has 0 aliphatic heterocycles. The van der Waals surface area contributed by atoms with Crippen molar-refractivity contribution in [3.8, 4) is 11.1 Å². The number of hydrogen-bond donors (Lipinski definition) is 3. The summed E-state index contributed by atoms with van der Waals surface area (Å²) in [5.41, 5.74) is 1.99. The number of nitrogens with one attached hydrogen (secondary N) is 3. The third-order valence-electron chi connectivity index (χ3n) is 5.80. The summed E-state index contributed by atoms with van der Waals surface area (Å²) < 4.78 is 40.6. The maximum atomic E-state index is 13.5. The van der Waals surface area contributed by atoms with Crippen molar-refractivity contribution in [3.63, 3.8) is 0 Å². The van der Waals surface area contributed by atoms with Gasteiger partial charge in [-0.3, -0.25) is 15.1 Å². The number of aromatic nitrogens is 1. The number of carbonyl (C=O) groups is 2. The highest BCUT2D eigenvalue weighted by atomic mass is 32.2. The van der Waals surface area contributed by atoms with Crippen LogP contribution in [0.4, 0.5) is 20.6 Å². The van der Waals surface area contributed by atoms with Crippen LogP contribution in [0.3, 0.4) is 0 Å². The third-order valence-corrected chi connectivity index (χ3v) is 7.78. The number of carbonyl (C=O) groups excluding carboxylic acids is 2. The van der Waals surface area contributed by atoms with Gasteiger partial charge in [-0.25, -0.2) is 18.2 Å². The van der Waals surface area contributed by atoms with Crippen LogP contribution < -0.4 is 10.6 Å². The Hall–Kier alpha value is -4.57. The van der Waals surface area contributed by atoms with Gasteiger partial charge in [0.2, 0.25) is 0 Å². The van der Waals surface area contributed by atoms with E-state index < -0.39 is 27.3 Å². The van der Waals surface area contributed by atoms with Crippen molar-refractivity contribution in [2.75, 3.05) is 10.6 Å². The van der Waals surface area contributed by atoms with Crippen molar-refractivity contribution in [1.82, 2.24) is 4.98 Å². The normalized spacial score (nSPS) is 12.7. The first kappa shape index (κ1) is 28.4. The van der Waals surface area contributed by atoms with Crippen molar-refractivity contribution in [2.24, 2.45) is 0 Å². The van der Waals surface area contributed by atoms with Gasteiger partial charge in [-0.15, -0.1) is 0 Å². The molecule has 0 saturated carbocycles. The summed E-state index contributed by atoms with van der Waals surface area (Å²) >= 11 is 0. The molecule has 0 bridgehead atoms. The van der Waals surface area contributed by atoms with Crippen molar-refractivity contribution in [1.29, 1.82) is 4.78 Å². The fourth-order valence-electron chi connectivity index (χ4n) is 3.88. The molecule has 40 heavy (non-hydrogen) atoms. The van der Waals surface area contributed by atoms with Crippen LogP contribution in [-0.4, -0.2) is 26.8 Å². The predicted octanol–water partition coefficient (Wildman–Crippen LogP) is 7.26. The second-order valence-electron chi connectivity index (χ2n) is 10.0. The molecule has 0 saturated heterocycles. The Bertz CT molecular complexity index is 1660. The maximum Gasteiger partial charge on any atom is 0.412 e. The van der Waals surface area contributed by atoms with E-state index in [0.717, 1.165) is 0 Å². The lowest BCUT2D eigenvalue weighted by Crippen LogP contribution is -2.27.